The molecule has 0 radical (unpaired) electrons. The van der Waals surface area contributed by atoms with Crippen molar-refractivity contribution >= 4 is 17.2 Å². The summed E-state index contributed by atoms with van der Waals surface area (Å²) in [7, 11) is 0. The van der Waals surface area contributed by atoms with Gasteiger partial charge in [-0.15, -0.1) is 11.3 Å². The van der Waals surface area contributed by atoms with Crippen LogP contribution in [0.2, 0.25) is 0 Å². The summed E-state index contributed by atoms with van der Waals surface area (Å²) in [6.07, 6.45) is 5.45. The zero-order valence-corrected chi connectivity index (χ0v) is 13.1. The Hall–Kier alpha value is -0.940. The van der Waals surface area contributed by atoms with E-state index in [1.807, 2.05) is 6.92 Å². The highest BCUT2D eigenvalue weighted by Crippen LogP contribution is 2.31. The van der Waals surface area contributed by atoms with E-state index in [4.69, 9.17) is 0 Å². The highest BCUT2D eigenvalue weighted by Gasteiger charge is 2.39. The van der Waals surface area contributed by atoms with Crippen LogP contribution >= 0.6 is 11.3 Å². The Morgan fingerprint density at radius 2 is 2.20 bits per heavy atom. The molecule has 2 aliphatic rings. The molecule has 2 atom stereocenters. The van der Waals surface area contributed by atoms with E-state index in [9.17, 15) is 4.79 Å². The summed E-state index contributed by atoms with van der Waals surface area (Å²) in [4.78, 5) is 20.5. The highest BCUT2D eigenvalue weighted by atomic mass is 32.1. The number of aromatic nitrogens is 1. The van der Waals surface area contributed by atoms with Crippen LogP contribution in [0.1, 0.15) is 53.0 Å². The number of nitrogens with one attached hydrogen (secondary N) is 1. The van der Waals surface area contributed by atoms with Crippen LogP contribution in [0.5, 0.6) is 0 Å². The van der Waals surface area contributed by atoms with Crippen LogP contribution in [-0.2, 0) is 6.42 Å². The topological polar surface area (TPSA) is 45.2 Å². The van der Waals surface area contributed by atoms with Crippen molar-refractivity contribution in [3.63, 3.8) is 0 Å². The molecule has 3 heterocycles. The molecule has 2 aliphatic heterocycles. The lowest BCUT2D eigenvalue weighted by atomic mass is 10.1. The molecule has 2 fully saturated rings. The number of hydrogen-bond acceptors (Lipinski definition) is 4. The monoisotopic (exact) mass is 293 g/mol. The van der Waals surface area contributed by atoms with Gasteiger partial charge in [0.15, 0.2) is 0 Å². The second-order valence-corrected chi connectivity index (χ2v) is 6.95. The number of aryl methyl sites for hydroxylation is 2. The maximum absolute atomic E-state index is 12.9. The number of thiazole rings is 1. The first-order valence-corrected chi connectivity index (χ1v) is 8.52. The normalized spacial score (nSPS) is 25.8. The molecule has 2 unspecified atom stereocenters. The van der Waals surface area contributed by atoms with Crippen LogP contribution in [0.15, 0.2) is 0 Å². The molecule has 0 aromatic carbocycles. The summed E-state index contributed by atoms with van der Waals surface area (Å²) in [6, 6.07) is 0.810. The quantitative estimate of drug-likeness (QED) is 0.930. The van der Waals surface area contributed by atoms with E-state index in [1.165, 1.54) is 0 Å². The molecule has 0 saturated carbocycles. The van der Waals surface area contributed by atoms with Crippen molar-refractivity contribution in [2.45, 2.75) is 58.0 Å². The lowest BCUT2D eigenvalue weighted by Gasteiger charge is -2.27. The van der Waals surface area contributed by atoms with E-state index in [0.29, 0.717) is 12.1 Å². The van der Waals surface area contributed by atoms with Gasteiger partial charge in [0.05, 0.1) is 10.7 Å². The average molecular weight is 293 g/mol. The maximum atomic E-state index is 12.9. The molecular formula is C15H23N3OS. The zero-order chi connectivity index (χ0) is 14.1. The van der Waals surface area contributed by atoms with Crippen LogP contribution < -0.4 is 5.32 Å². The third-order valence-corrected chi connectivity index (χ3v) is 5.59. The van der Waals surface area contributed by atoms with Crippen LogP contribution in [0.25, 0.3) is 0 Å². The van der Waals surface area contributed by atoms with Gasteiger partial charge < -0.3 is 10.2 Å². The second kappa shape index (κ2) is 5.82. The standard InChI is InChI=1S/C15H23N3OS/c1-3-4-13-17-10(2)14(20-13)15(19)18-11-5-6-12(18)9-16-8-7-11/h11-12,16H,3-9H2,1-2H3. The van der Waals surface area contributed by atoms with Gasteiger partial charge in [-0.3, -0.25) is 4.79 Å². The Balaban J connectivity index is 1.84. The van der Waals surface area contributed by atoms with E-state index < -0.39 is 0 Å². The lowest BCUT2D eigenvalue weighted by Crippen LogP contribution is -2.42. The van der Waals surface area contributed by atoms with Crippen molar-refractivity contribution in [2.75, 3.05) is 13.1 Å². The SMILES string of the molecule is CCCc1nc(C)c(C(=O)N2C3CCNCC2CC3)s1. The third-order valence-electron chi connectivity index (χ3n) is 4.39. The predicted octanol–water partition coefficient (Wildman–Crippen LogP) is 2.37. The number of carbonyl (C=O) groups excluding carboxylic acids is 1. The molecule has 1 amide bonds. The number of hydrogen-bond donors (Lipinski definition) is 1. The van der Waals surface area contributed by atoms with E-state index in [0.717, 1.165) is 60.8 Å². The number of rotatable bonds is 3. The first-order chi connectivity index (χ1) is 9.70. The number of amides is 1. The molecule has 2 bridgehead atoms. The minimum absolute atomic E-state index is 0.221. The zero-order valence-electron chi connectivity index (χ0n) is 12.3. The van der Waals surface area contributed by atoms with E-state index >= 15 is 0 Å². The lowest BCUT2D eigenvalue weighted by molar-refractivity contribution is 0.0684. The molecule has 4 nitrogen and oxygen atoms in total. The van der Waals surface area contributed by atoms with Crippen LogP contribution in [0.4, 0.5) is 0 Å². The van der Waals surface area contributed by atoms with Crippen LogP contribution in [0.3, 0.4) is 0 Å². The summed E-state index contributed by atoms with van der Waals surface area (Å²) in [5.74, 6) is 0.221. The van der Waals surface area contributed by atoms with Gasteiger partial charge in [-0.25, -0.2) is 4.98 Å². The van der Waals surface area contributed by atoms with Gasteiger partial charge in [-0.2, -0.15) is 0 Å². The summed E-state index contributed by atoms with van der Waals surface area (Å²) in [5.41, 5.74) is 0.917. The van der Waals surface area contributed by atoms with Gasteiger partial charge >= 0.3 is 0 Å². The molecule has 0 aliphatic carbocycles. The summed E-state index contributed by atoms with van der Waals surface area (Å²) in [5, 5.41) is 4.55. The molecule has 110 valence electrons. The second-order valence-electron chi connectivity index (χ2n) is 5.86. The van der Waals surface area contributed by atoms with E-state index in [1.54, 1.807) is 11.3 Å². The molecule has 0 spiro atoms. The van der Waals surface area contributed by atoms with Gasteiger partial charge in [0.1, 0.15) is 4.88 Å². The van der Waals surface area contributed by atoms with Gasteiger partial charge in [0.25, 0.3) is 5.91 Å². The minimum Gasteiger partial charge on any atom is -0.331 e. The Morgan fingerprint density at radius 1 is 1.40 bits per heavy atom. The average Bonchev–Trinajstić information content (AvgIpc) is 2.88. The Morgan fingerprint density at radius 3 is 3.00 bits per heavy atom. The van der Waals surface area contributed by atoms with Crippen molar-refractivity contribution in [1.29, 1.82) is 0 Å². The van der Waals surface area contributed by atoms with Gasteiger partial charge in [-0.05, 0) is 45.6 Å². The summed E-state index contributed by atoms with van der Waals surface area (Å²) >= 11 is 1.60. The summed E-state index contributed by atoms with van der Waals surface area (Å²) < 4.78 is 0. The number of carbonyl (C=O) groups is 1. The molecule has 1 aromatic heterocycles. The number of nitrogens with zero attached hydrogens (tertiary/aromatic N) is 2. The Bertz CT molecular complexity index is 485. The van der Waals surface area contributed by atoms with Crippen molar-refractivity contribution < 1.29 is 4.79 Å². The third kappa shape index (κ3) is 2.49. The van der Waals surface area contributed by atoms with Crippen molar-refractivity contribution in [2.24, 2.45) is 0 Å². The van der Waals surface area contributed by atoms with Gasteiger partial charge in [0, 0.05) is 18.6 Å². The first-order valence-electron chi connectivity index (χ1n) is 7.70. The molecule has 20 heavy (non-hydrogen) atoms. The largest absolute Gasteiger partial charge is 0.331 e. The Kier molecular flexibility index (Phi) is 4.08. The molecule has 3 rings (SSSR count). The van der Waals surface area contributed by atoms with Crippen LogP contribution in [-0.4, -0.2) is 41.0 Å². The van der Waals surface area contributed by atoms with Gasteiger partial charge in [0.2, 0.25) is 0 Å². The fourth-order valence-corrected chi connectivity index (χ4v) is 4.51. The molecular weight excluding hydrogens is 270 g/mol. The number of fused-ring (bicyclic) bond motifs is 2. The fourth-order valence-electron chi connectivity index (χ4n) is 3.40. The van der Waals surface area contributed by atoms with E-state index in [2.05, 4.69) is 22.1 Å². The van der Waals surface area contributed by atoms with Crippen LogP contribution in [0, 0.1) is 6.92 Å². The highest BCUT2D eigenvalue weighted by molar-refractivity contribution is 7.13. The van der Waals surface area contributed by atoms with Crippen molar-refractivity contribution in [1.82, 2.24) is 15.2 Å². The molecule has 2 saturated heterocycles. The molecule has 5 heteroatoms. The molecule has 1 N–H and O–H groups in total. The minimum atomic E-state index is 0.221. The predicted molar refractivity (Wildman–Crippen MR) is 81.3 cm³/mol. The molecule has 1 aromatic rings. The van der Waals surface area contributed by atoms with Crippen molar-refractivity contribution in [3.8, 4) is 0 Å². The Labute approximate surface area is 124 Å². The smallest absolute Gasteiger partial charge is 0.266 e. The maximum Gasteiger partial charge on any atom is 0.266 e. The summed E-state index contributed by atoms with van der Waals surface area (Å²) in [6.45, 7) is 6.11. The van der Waals surface area contributed by atoms with Gasteiger partial charge in [-0.1, -0.05) is 6.92 Å². The fraction of sp³-hybridized carbons (Fsp3) is 0.733. The van der Waals surface area contributed by atoms with Crippen molar-refractivity contribution in [3.05, 3.63) is 15.6 Å². The van der Waals surface area contributed by atoms with E-state index in [-0.39, 0.29) is 5.91 Å². The first kappa shape index (κ1) is 14.0.